The summed E-state index contributed by atoms with van der Waals surface area (Å²) in [5.41, 5.74) is 1.53. The van der Waals surface area contributed by atoms with Gasteiger partial charge in [0, 0.05) is 11.8 Å². The first kappa shape index (κ1) is 20.1. The van der Waals surface area contributed by atoms with E-state index in [1.54, 1.807) is 25.1 Å². The Labute approximate surface area is 167 Å². The second-order valence-corrected chi connectivity index (χ2v) is 7.33. The molecule has 1 aromatic carbocycles. The molecule has 1 aliphatic carbocycles. The van der Waals surface area contributed by atoms with Crippen molar-refractivity contribution in [2.24, 2.45) is 0 Å². The summed E-state index contributed by atoms with van der Waals surface area (Å²) in [6, 6.07) is 7.56. The van der Waals surface area contributed by atoms with Crippen LogP contribution in [0.15, 0.2) is 35.5 Å². The fourth-order valence-electron chi connectivity index (χ4n) is 3.02. The Morgan fingerprint density at radius 3 is 2.75 bits per heavy atom. The van der Waals surface area contributed by atoms with E-state index in [-0.39, 0.29) is 17.6 Å². The number of amides is 1. The number of rotatable bonds is 8. The van der Waals surface area contributed by atoms with Crippen LogP contribution >= 0.6 is 11.8 Å². The van der Waals surface area contributed by atoms with E-state index in [9.17, 15) is 9.59 Å². The van der Waals surface area contributed by atoms with Crippen molar-refractivity contribution in [2.45, 2.75) is 43.8 Å². The zero-order valence-electron chi connectivity index (χ0n) is 15.7. The van der Waals surface area contributed by atoms with Gasteiger partial charge in [0.1, 0.15) is 0 Å². The lowest BCUT2D eigenvalue weighted by Crippen LogP contribution is -2.15. The van der Waals surface area contributed by atoms with Crippen LogP contribution in [0.4, 0.5) is 5.69 Å². The second kappa shape index (κ2) is 10.0. The van der Waals surface area contributed by atoms with E-state index in [0.29, 0.717) is 23.5 Å². The maximum Gasteiger partial charge on any atom is 0.330 e. The van der Waals surface area contributed by atoms with Crippen molar-refractivity contribution in [2.75, 3.05) is 17.7 Å². The lowest BCUT2D eigenvalue weighted by molar-refractivity contribution is -0.137. The van der Waals surface area contributed by atoms with Crippen LogP contribution < -0.4 is 5.32 Å². The number of ether oxygens (including phenoxy) is 1. The van der Waals surface area contributed by atoms with Gasteiger partial charge in [-0.25, -0.2) is 9.48 Å². The fraction of sp³-hybridized carbons (Fsp3) is 0.421. The molecule has 1 N–H and O–H groups in total. The van der Waals surface area contributed by atoms with Gasteiger partial charge in [-0.1, -0.05) is 36.7 Å². The number of anilines is 1. The molecule has 0 radical (unpaired) electrons. The van der Waals surface area contributed by atoms with Gasteiger partial charge < -0.3 is 10.1 Å². The smallest absolute Gasteiger partial charge is 0.330 e. The summed E-state index contributed by atoms with van der Waals surface area (Å²) < 4.78 is 6.68. The van der Waals surface area contributed by atoms with Gasteiger partial charge in [0.05, 0.1) is 18.4 Å². The zero-order chi connectivity index (χ0) is 19.8. The van der Waals surface area contributed by atoms with Crippen LogP contribution in [0.5, 0.6) is 0 Å². The molecule has 1 fully saturated rings. The minimum atomic E-state index is -0.378. The van der Waals surface area contributed by atoms with E-state index in [4.69, 9.17) is 4.74 Å². The Hall–Kier alpha value is -2.68. The Morgan fingerprint density at radius 2 is 2.04 bits per heavy atom. The quantitative estimate of drug-likeness (QED) is 0.412. The predicted octanol–water partition coefficient (Wildman–Crippen LogP) is 3.10. The number of tetrazole rings is 1. The van der Waals surface area contributed by atoms with Crippen molar-refractivity contribution in [1.29, 1.82) is 0 Å². The monoisotopic (exact) mass is 401 g/mol. The molecular formula is C19H23N5O3S. The standard InChI is InChI=1S/C19H23N5O3S/c1-2-27-18(26)12-9-14-7-10-15(11-8-14)20-17(25)13-28-19-21-22-23-24(19)16-5-3-4-6-16/h7-12,16H,2-6,13H2,1H3,(H,20,25)/b12-9+. The Kier molecular flexibility index (Phi) is 7.18. The lowest BCUT2D eigenvalue weighted by atomic mass is 10.2. The molecule has 148 valence electrons. The van der Waals surface area contributed by atoms with Crippen molar-refractivity contribution >= 4 is 35.4 Å². The molecule has 0 atom stereocenters. The number of nitrogens with zero attached hydrogens (tertiary/aromatic N) is 4. The summed E-state index contributed by atoms with van der Waals surface area (Å²) in [6.07, 6.45) is 7.61. The van der Waals surface area contributed by atoms with E-state index in [1.807, 2.05) is 16.8 Å². The van der Waals surface area contributed by atoms with Crippen LogP contribution in [0, 0.1) is 0 Å². The SMILES string of the molecule is CCOC(=O)/C=C/c1ccc(NC(=O)CSc2nnnn2C2CCCC2)cc1. The summed E-state index contributed by atoms with van der Waals surface area (Å²) in [5.74, 6) is -0.268. The van der Waals surface area contributed by atoms with Crippen LogP contribution in [0.1, 0.15) is 44.2 Å². The highest BCUT2D eigenvalue weighted by Gasteiger charge is 2.22. The third kappa shape index (κ3) is 5.66. The molecule has 1 saturated carbocycles. The number of carbonyl (C=O) groups is 2. The van der Waals surface area contributed by atoms with Gasteiger partial charge in [-0.2, -0.15) is 0 Å². The van der Waals surface area contributed by atoms with Gasteiger partial charge in [-0.15, -0.1) is 5.10 Å². The number of aromatic nitrogens is 4. The molecule has 1 aromatic heterocycles. The highest BCUT2D eigenvalue weighted by molar-refractivity contribution is 7.99. The van der Waals surface area contributed by atoms with Gasteiger partial charge in [0.25, 0.3) is 0 Å². The summed E-state index contributed by atoms with van der Waals surface area (Å²) in [5, 5.41) is 15.4. The molecule has 1 amide bonds. The molecule has 0 aliphatic heterocycles. The largest absolute Gasteiger partial charge is 0.463 e. The first-order valence-corrected chi connectivity index (χ1v) is 10.3. The van der Waals surface area contributed by atoms with Gasteiger partial charge in [0.2, 0.25) is 11.1 Å². The summed E-state index contributed by atoms with van der Waals surface area (Å²) in [6.45, 7) is 2.11. The molecule has 28 heavy (non-hydrogen) atoms. The molecule has 0 bridgehead atoms. The molecule has 1 aliphatic rings. The second-order valence-electron chi connectivity index (χ2n) is 6.39. The highest BCUT2D eigenvalue weighted by atomic mass is 32.2. The molecule has 2 aromatic rings. The van der Waals surface area contributed by atoms with Crippen LogP contribution in [0.3, 0.4) is 0 Å². The molecule has 9 heteroatoms. The first-order valence-electron chi connectivity index (χ1n) is 9.31. The molecule has 3 rings (SSSR count). The van der Waals surface area contributed by atoms with Gasteiger partial charge >= 0.3 is 5.97 Å². The van der Waals surface area contributed by atoms with Crippen LogP contribution in [0.2, 0.25) is 0 Å². The number of thioether (sulfide) groups is 1. The average Bonchev–Trinajstić information content (AvgIpc) is 3.37. The fourth-order valence-corrected chi connectivity index (χ4v) is 3.76. The normalized spacial score (nSPS) is 14.5. The summed E-state index contributed by atoms with van der Waals surface area (Å²) >= 11 is 1.34. The van der Waals surface area contributed by atoms with Crippen molar-refractivity contribution in [3.63, 3.8) is 0 Å². The molecule has 1 heterocycles. The lowest BCUT2D eigenvalue weighted by Gasteiger charge is -2.10. The Bertz CT molecular complexity index is 828. The maximum absolute atomic E-state index is 12.2. The van der Waals surface area contributed by atoms with Crippen molar-refractivity contribution in [3.05, 3.63) is 35.9 Å². The minimum absolute atomic E-state index is 0.124. The van der Waals surface area contributed by atoms with Crippen LogP contribution in [-0.2, 0) is 14.3 Å². The molecule has 0 unspecified atom stereocenters. The van der Waals surface area contributed by atoms with Crippen molar-refractivity contribution in [1.82, 2.24) is 20.2 Å². The van der Waals surface area contributed by atoms with Gasteiger partial charge in [0.15, 0.2) is 0 Å². The van der Waals surface area contributed by atoms with Crippen LogP contribution in [-0.4, -0.2) is 44.4 Å². The third-order valence-electron chi connectivity index (χ3n) is 4.36. The van der Waals surface area contributed by atoms with E-state index in [2.05, 4.69) is 20.8 Å². The molecule has 0 spiro atoms. The minimum Gasteiger partial charge on any atom is -0.463 e. The number of benzene rings is 1. The van der Waals surface area contributed by atoms with Crippen molar-refractivity contribution < 1.29 is 14.3 Å². The Morgan fingerprint density at radius 1 is 1.29 bits per heavy atom. The first-order chi connectivity index (χ1) is 13.7. The van der Waals surface area contributed by atoms with E-state index >= 15 is 0 Å². The van der Waals surface area contributed by atoms with Crippen LogP contribution in [0.25, 0.3) is 6.08 Å². The predicted molar refractivity (Wildman–Crippen MR) is 107 cm³/mol. The number of hydrogen-bond donors (Lipinski definition) is 1. The number of hydrogen-bond acceptors (Lipinski definition) is 7. The van der Waals surface area contributed by atoms with Crippen molar-refractivity contribution in [3.8, 4) is 0 Å². The van der Waals surface area contributed by atoms with E-state index in [0.717, 1.165) is 18.4 Å². The van der Waals surface area contributed by atoms with Gasteiger partial charge in [-0.3, -0.25) is 4.79 Å². The summed E-state index contributed by atoms with van der Waals surface area (Å²) in [7, 11) is 0. The average molecular weight is 401 g/mol. The molecular weight excluding hydrogens is 378 g/mol. The molecule has 0 saturated heterocycles. The number of esters is 1. The maximum atomic E-state index is 12.2. The van der Waals surface area contributed by atoms with E-state index < -0.39 is 0 Å². The molecule has 8 nitrogen and oxygen atoms in total. The topological polar surface area (TPSA) is 99.0 Å². The Balaban J connectivity index is 1.49. The zero-order valence-corrected chi connectivity index (χ0v) is 16.5. The van der Waals surface area contributed by atoms with Gasteiger partial charge in [-0.05, 0) is 54.0 Å². The number of carbonyl (C=O) groups excluding carboxylic acids is 2. The third-order valence-corrected chi connectivity index (χ3v) is 5.29. The summed E-state index contributed by atoms with van der Waals surface area (Å²) in [4.78, 5) is 23.5. The highest BCUT2D eigenvalue weighted by Crippen LogP contribution is 2.31. The number of nitrogens with one attached hydrogen (secondary N) is 1. The van der Waals surface area contributed by atoms with E-state index in [1.165, 1.54) is 30.7 Å².